The molecule has 0 fully saturated rings. The van der Waals surface area contributed by atoms with Crippen molar-refractivity contribution in [3.05, 3.63) is 55.1 Å². The zero-order valence-corrected chi connectivity index (χ0v) is 12.7. The minimum absolute atomic E-state index is 1.09. The molecule has 0 saturated carbocycles. The second-order valence-electron chi connectivity index (χ2n) is 3.50. The van der Waals surface area contributed by atoms with Gasteiger partial charge >= 0.3 is 32.0 Å². The van der Waals surface area contributed by atoms with Crippen LogP contribution in [-0.2, 0) is 18.9 Å². The predicted molar refractivity (Wildman–Crippen MR) is 73.6 cm³/mol. The summed E-state index contributed by atoms with van der Waals surface area (Å²) in [5.74, 6) is 0. The first-order valence-corrected chi connectivity index (χ1v) is 9.78. The van der Waals surface area contributed by atoms with Crippen molar-refractivity contribution in [1.82, 2.24) is 4.57 Å². The summed E-state index contributed by atoms with van der Waals surface area (Å²) in [6.07, 6.45) is 1.83. The van der Waals surface area contributed by atoms with Gasteiger partial charge in [0.2, 0.25) is 0 Å². The molecule has 0 aliphatic carbocycles. The van der Waals surface area contributed by atoms with E-state index in [1.54, 1.807) is 0 Å². The Balaban J connectivity index is 0.000000514. The topological polar surface area (TPSA) is 4.93 Å². The van der Waals surface area contributed by atoms with E-state index >= 15 is 0 Å². The van der Waals surface area contributed by atoms with Crippen LogP contribution in [-0.4, -0.2) is 4.57 Å². The van der Waals surface area contributed by atoms with Crippen molar-refractivity contribution in [2.45, 2.75) is 0 Å². The second kappa shape index (κ2) is 5.69. The molecule has 0 spiro atoms. The molecule has 0 radical (unpaired) electrons. The molecule has 0 atom stereocenters. The number of hydrogen-bond acceptors (Lipinski definition) is 0. The van der Waals surface area contributed by atoms with Gasteiger partial charge in [0.05, 0.1) is 0 Å². The third-order valence-electron chi connectivity index (χ3n) is 2.71. The fraction of sp³-hybridized carbons (Fsp3) is 0. The summed E-state index contributed by atoms with van der Waals surface area (Å²) in [6, 6.07) is 17.7. The molecule has 0 amide bonds. The van der Waals surface area contributed by atoms with E-state index in [-0.39, 0.29) is 0 Å². The first kappa shape index (κ1) is 12.7. The van der Waals surface area contributed by atoms with Gasteiger partial charge in [-0.1, -0.05) is 30.3 Å². The molecule has 2 aromatic carbocycles. The van der Waals surface area contributed by atoms with E-state index in [4.69, 9.17) is 0 Å². The zero-order valence-electron chi connectivity index (χ0n) is 8.95. The molecule has 0 aliphatic rings. The first-order chi connectivity index (χ1) is 8.42. The van der Waals surface area contributed by atoms with Crippen molar-refractivity contribution in [2.75, 3.05) is 0 Å². The van der Waals surface area contributed by atoms with Crippen LogP contribution in [0.4, 0.5) is 0 Å². The molecule has 1 heterocycles. The van der Waals surface area contributed by atoms with Gasteiger partial charge in [-0.2, -0.15) is 24.3 Å². The third kappa shape index (κ3) is 2.14. The normalized spacial score (nSPS) is 10.1. The molecule has 1 nitrogen and oxygen atoms in total. The van der Waals surface area contributed by atoms with Crippen LogP contribution in [0, 0.1) is 6.07 Å². The Hall–Kier alpha value is -0.800. The summed E-state index contributed by atoms with van der Waals surface area (Å²) in [5.41, 5.74) is 2.28. The Morgan fingerprint density at radius 1 is 1.12 bits per heavy atom. The number of nitrogens with zero attached hydrogens (tertiary/aromatic N) is 1. The summed E-state index contributed by atoms with van der Waals surface area (Å²) in [4.78, 5) is 0. The number of rotatable bonds is 1. The predicted octanol–water partition coefficient (Wildman–Crippen LogP) is 4.54. The Morgan fingerprint density at radius 2 is 1.82 bits per heavy atom. The maximum atomic E-state index is 3.85. The van der Waals surface area contributed by atoms with Gasteiger partial charge in [0, 0.05) is 5.52 Å². The number of hydrogen-bond donors (Lipinski definition) is 0. The zero-order chi connectivity index (χ0) is 12.3. The first-order valence-electron chi connectivity index (χ1n) is 5.05. The summed E-state index contributed by atoms with van der Waals surface area (Å²) in [6.45, 7) is 3.85. The second-order valence-corrected chi connectivity index (χ2v) is 3.50. The van der Waals surface area contributed by atoms with Crippen LogP contribution in [0.2, 0.25) is 0 Å². The number of para-hydroxylation sites is 2. The summed E-state index contributed by atoms with van der Waals surface area (Å²) in [5, 5.41) is 2.48. The fourth-order valence-electron chi connectivity index (χ4n) is 2.07. The van der Waals surface area contributed by atoms with Crippen molar-refractivity contribution in [3.63, 3.8) is 0 Å². The van der Waals surface area contributed by atoms with Gasteiger partial charge in [-0.25, -0.2) is 0 Å². The summed E-state index contributed by atoms with van der Waals surface area (Å²) >= 11 is 4.97. The summed E-state index contributed by atoms with van der Waals surface area (Å²) < 4.78 is 2.07. The third-order valence-corrected chi connectivity index (χ3v) is 2.71. The van der Waals surface area contributed by atoms with Gasteiger partial charge in [-0.3, -0.25) is 0 Å². The van der Waals surface area contributed by atoms with Gasteiger partial charge in [0.25, 0.3) is 0 Å². The molecule has 0 unspecified atom stereocenters. The van der Waals surface area contributed by atoms with Gasteiger partial charge in [0.1, 0.15) is 0 Å². The number of fused-ring (bicyclic) bond motifs is 3. The molecule has 3 heteroatoms. The van der Waals surface area contributed by atoms with Crippen LogP contribution in [0.3, 0.4) is 0 Å². The standard InChI is InChI=1S/C14H10N.Au.BrH/c1-2-15-13-9-5-3-7-11(13)12-8-4-6-10-14(12)15;;/h2-9H,1H2;;1H/q-1;+1;/p-1. The molecule has 17 heavy (non-hydrogen) atoms. The minimum atomic E-state index is 1.09. The van der Waals surface area contributed by atoms with Gasteiger partial charge in [0.15, 0.2) is 0 Å². The van der Waals surface area contributed by atoms with Crippen LogP contribution in [0.25, 0.3) is 28.0 Å². The number of aromatic nitrogens is 1. The average Bonchev–Trinajstić information content (AvgIpc) is 2.75. The van der Waals surface area contributed by atoms with E-state index in [9.17, 15) is 0 Å². The molecule has 0 N–H and O–H groups in total. The number of benzene rings is 2. The van der Waals surface area contributed by atoms with E-state index in [1.807, 2.05) is 24.4 Å². The molecule has 0 saturated heterocycles. The Kier molecular flexibility index (Phi) is 4.24. The van der Waals surface area contributed by atoms with Crippen LogP contribution < -0.4 is 0 Å². The molecular weight excluding hydrogens is 459 g/mol. The van der Waals surface area contributed by atoms with Gasteiger partial charge < -0.3 is 4.57 Å². The van der Waals surface area contributed by atoms with Crippen LogP contribution in [0.15, 0.2) is 49.0 Å². The number of halogens is 1. The van der Waals surface area contributed by atoms with Gasteiger partial charge in [-0.15, -0.1) is 5.39 Å². The SMILES string of the molecule is C=Cn1c2[c-]cccc2c2ccccc21.[Br][Au]. The van der Waals surface area contributed by atoms with Crippen LogP contribution in [0.5, 0.6) is 0 Å². The summed E-state index contributed by atoms with van der Waals surface area (Å²) in [7, 11) is 0. The Labute approximate surface area is 119 Å². The van der Waals surface area contributed by atoms with Crippen LogP contribution >= 0.6 is 13.0 Å². The molecule has 3 aromatic rings. The molecule has 0 bridgehead atoms. The van der Waals surface area contributed by atoms with E-state index in [2.05, 4.69) is 73.4 Å². The van der Waals surface area contributed by atoms with Gasteiger partial charge in [-0.05, 0) is 17.7 Å². The van der Waals surface area contributed by atoms with Crippen molar-refractivity contribution in [1.29, 1.82) is 0 Å². The van der Waals surface area contributed by atoms with E-state index in [0.29, 0.717) is 0 Å². The van der Waals surface area contributed by atoms with Crippen molar-refractivity contribution in [3.8, 4) is 0 Å². The quantitative estimate of drug-likeness (QED) is 0.365. The monoisotopic (exact) mass is 468 g/mol. The molecule has 3 rings (SSSR count). The van der Waals surface area contributed by atoms with E-state index in [1.165, 1.54) is 16.3 Å². The molecule has 0 aliphatic heterocycles. The van der Waals surface area contributed by atoms with Crippen molar-refractivity contribution >= 4 is 41.0 Å². The Morgan fingerprint density at radius 3 is 2.59 bits per heavy atom. The molecular formula is C14H10AuBrN-. The van der Waals surface area contributed by atoms with E-state index in [0.717, 1.165) is 5.52 Å². The van der Waals surface area contributed by atoms with Crippen LogP contribution in [0.1, 0.15) is 0 Å². The van der Waals surface area contributed by atoms with E-state index < -0.39 is 0 Å². The average molecular weight is 469 g/mol. The van der Waals surface area contributed by atoms with Crippen molar-refractivity contribution < 1.29 is 18.9 Å². The molecule has 1 aromatic heterocycles. The maximum absolute atomic E-state index is 3.85. The Bertz CT molecular complexity index is 604. The fourth-order valence-corrected chi connectivity index (χ4v) is 2.07. The molecule has 90 valence electrons. The van der Waals surface area contributed by atoms with Crippen molar-refractivity contribution in [2.24, 2.45) is 0 Å².